The number of rotatable bonds is 10. The van der Waals surface area contributed by atoms with Crippen molar-refractivity contribution in [3.8, 4) is 22.3 Å². The van der Waals surface area contributed by atoms with Gasteiger partial charge in [0.1, 0.15) is 13.2 Å². The lowest BCUT2D eigenvalue weighted by Crippen LogP contribution is -2.14. The maximum atomic E-state index is 12.7. The lowest BCUT2D eigenvalue weighted by Gasteiger charge is -2.09. The van der Waals surface area contributed by atoms with Crippen molar-refractivity contribution in [2.24, 2.45) is 0 Å². The molecule has 0 unspecified atom stereocenters. The second kappa shape index (κ2) is 12.0. The molecule has 4 aliphatic carbocycles. The van der Waals surface area contributed by atoms with E-state index >= 15 is 0 Å². The summed E-state index contributed by atoms with van der Waals surface area (Å²) < 4.78 is 16.4. The minimum Gasteiger partial charge on any atom is -0.460 e. The molecule has 0 aromatic rings. The predicted octanol–water partition coefficient (Wildman–Crippen LogP) is 7.17. The van der Waals surface area contributed by atoms with Gasteiger partial charge in [-0.25, -0.2) is 9.59 Å². The molecule has 5 heteroatoms. The van der Waals surface area contributed by atoms with Crippen LogP contribution in [-0.4, -0.2) is 38.4 Å². The molecule has 0 heterocycles. The quantitative estimate of drug-likeness (QED) is 0.171. The fourth-order valence-corrected chi connectivity index (χ4v) is 4.30. The number of hydrogen-bond acceptors (Lipinski definition) is 5. The Balaban J connectivity index is 1.23. The second-order valence-electron chi connectivity index (χ2n) is 9.77. The number of fused-ring (bicyclic) bond motifs is 2. The highest BCUT2D eigenvalue weighted by atomic mass is 16.6. The fourth-order valence-electron chi connectivity index (χ4n) is 4.30. The molecule has 0 fully saturated rings. The number of carbonyl (C=O) groups is 2. The van der Waals surface area contributed by atoms with Crippen LogP contribution in [0.1, 0.15) is 71.4 Å². The Kier molecular flexibility index (Phi) is 8.57. The van der Waals surface area contributed by atoms with Crippen LogP contribution >= 0.6 is 0 Å². The molecule has 0 bridgehead atoms. The normalized spacial score (nSPS) is 11.4. The standard InChI is InChI=1S/C32H34O5/c1-21(2)25-9-5-7-23-11-13-27(29(23)19-25)31(33)36-17-15-35-16-18-37-32(34)28-14-12-24-8-6-10-26(22(3)4)20-30(24)28/h5-14,19-22H,15-18H2,1-4H3. The van der Waals surface area contributed by atoms with Crippen molar-refractivity contribution in [3.05, 3.63) is 95.1 Å². The summed E-state index contributed by atoms with van der Waals surface area (Å²) >= 11 is 0. The molecule has 0 atom stereocenters. The van der Waals surface area contributed by atoms with Gasteiger partial charge in [0.2, 0.25) is 0 Å². The molecule has 0 N–H and O–H groups in total. The Hall–Kier alpha value is -3.70. The van der Waals surface area contributed by atoms with Crippen molar-refractivity contribution in [1.82, 2.24) is 0 Å². The third kappa shape index (κ3) is 6.36. The summed E-state index contributed by atoms with van der Waals surface area (Å²) in [5.41, 5.74) is 7.22. The molecule has 0 aliphatic heterocycles. The molecular weight excluding hydrogens is 464 g/mol. The van der Waals surface area contributed by atoms with E-state index in [1.807, 2.05) is 36.4 Å². The molecule has 0 aromatic heterocycles. The van der Waals surface area contributed by atoms with Gasteiger partial charge in [0, 0.05) is 0 Å². The van der Waals surface area contributed by atoms with Crippen LogP contribution in [0.4, 0.5) is 0 Å². The maximum absolute atomic E-state index is 12.7. The van der Waals surface area contributed by atoms with E-state index in [-0.39, 0.29) is 38.4 Å². The summed E-state index contributed by atoms with van der Waals surface area (Å²) in [6, 6.07) is 23.8. The Labute approximate surface area is 219 Å². The number of carbonyl (C=O) groups excluding carboxylic acids is 2. The molecule has 0 amide bonds. The van der Waals surface area contributed by atoms with Crippen molar-refractivity contribution >= 4 is 11.9 Å². The Morgan fingerprint density at radius 1 is 0.595 bits per heavy atom. The van der Waals surface area contributed by atoms with E-state index in [0.29, 0.717) is 23.0 Å². The highest BCUT2D eigenvalue weighted by molar-refractivity contribution is 5.99. The first-order valence-electron chi connectivity index (χ1n) is 12.8. The summed E-state index contributed by atoms with van der Waals surface area (Å²) in [7, 11) is 0. The van der Waals surface area contributed by atoms with Gasteiger partial charge < -0.3 is 14.2 Å². The van der Waals surface area contributed by atoms with E-state index in [1.165, 1.54) is 0 Å². The minimum absolute atomic E-state index is 0.122. The van der Waals surface area contributed by atoms with Gasteiger partial charge in [-0.15, -0.1) is 0 Å². The van der Waals surface area contributed by atoms with Gasteiger partial charge >= 0.3 is 11.9 Å². The van der Waals surface area contributed by atoms with Crippen molar-refractivity contribution in [2.45, 2.75) is 39.5 Å². The predicted molar refractivity (Wildman–Crippen MR) is 146 cm³/mol. The monoisotopic (exact) mass is 498 g/mol. The molecule has 0 spiro atoms. The Morgan fingerprint density at radius 3 is 1.43 bits per heavy atom. The van der Waals surface area contributed by atoms with E-state index < -0.39 is 0 Å². The molecule has 5 nitrogen and oxygen atoms in total. The van der Waals surface area contributed by atoms with E-state index in [4.69, 9.17) is 14.2 Å². The van der Waals surface area contributed by atoms with Crippen molar-refractivity contribution in [3.63, 3.8) is 0 Å². The van der Waals surface area contributed by atoms with Gasteiger partial charge in [-0.1, -0.05) is 88.4 Å². The minimum atomic E-state index is -0.372. The van der Waals surface area contributed by atoms with E-state index in [1.54, 1.807) is 12.1 Å². The summed E-state index contributed by atoms with van der Waals surface area (Å²) in [6.07, 6.45) is 0. The molecule has 37 heavy (non-hydrogen) atoms. The van der Waals surface area contributed by atoms with Crippen molar-refractivity contribution < 1.29 is 23.8 Å². The highest BCUT2D eigenvalue weighted by Crippen LogP contribution is 2.31. The van der Waals surface area contributed by atoms with Crippen LogP contribution in [0.5, 0.6) is 0 Å². The summed E-state index contributed by atoms with van der Waals surface area (Å²) in [5, 5.41) is 0. The molecule has 0 saturated heterocycles. The first-order chi connectivity index (χ1) is 17.8. The van der Waals surface area contributed by atoms with Crippen LogP contribution in [0, 0.1) is 0 Å². The van der Waals surface area contributed by atoms with Crippen LogP contribution < -0.4 is 0 Å². The first-order valence-corrected chi connectivity index (χ1v) is 12.8. The lowest BCUT2D eigenvalue weighted by molar-refractivity contribution is 0.0152. The van der Waals surface area contributed by atoms with Gasteiger partial charge in [-0.3, -0.25) is 0 Å². The van der Waals surface area contributed by atoms with Crippen LogP contribution in [0.3, 0.4) is 0 Å². The van der Waals surface area contributed by atoms with Gasteiger partial charge in [0.25, 0.3) is 0 Å². The zero-order valence-corrected chi connectivity index (χ0v) is 22.0. The average molecular weight is 499 g/mol. The second-order valence-corrected chi connectivity index (χ2v) is 9.77. The molecule has 192 valence electrons. The molecule has 0 radical (unpaired) electrons. The zero-order valence-electron chi connectivity index (χ0n) is 22.0. The Bertz CT molecular complexity index is 1210. The fraction of sp³-hybridized carbons (Fsp3) is 0.312. The Morgan fingerprint density at radius 2 is 1.03 bits per heavy atom. The molecule has 0 saturated carbocycles. The van der Waals surface area contributed by atoms with Gasteiger partial charge in [0.15, 0.2) is 0 Å². The number of esters is 2. The molecule has 0 aromatic carbocycles. The maximum Gasteiger partial charge on any atom is 0.338 e. The average Bonchev–Trinajstić information content (AvgIpc) is 3.30. The first kappa shape index (κ1) is 26.4. The van der Waals surface area contributed by atoms with Crippen molar-refractivity contribution in [2.75, 3.05) is 26.4 Å². The van der Waals surface area contributed by atoms with E-state index in [9.17, 15) is 9.59 Å². The molecule has 4 rings (SSSR count). The smallest absolute Gasteiger partial charge is 0.338 e. The third-order valence-electron chi connectivity index (χ3n) is 6.51. The summed E-state index contributed by atoms with van der Waals surface area (Å²) in [4.78, 5) is 25.3. The summed E-state index contributed by atoms with van der Waals surface area (Å²) in [5.74, 6) is -0.0312. The third-order valence-corrected chi connectivity index (χ3v) is 6.51. The van der Waals surface area contributed by atoms with Crippen LogP contribution in [-0.2, 0) is 14.2 Å². The topological polar surface area (TPSA) is 61.8 Å². The highest BCUT2D eigenvalue weighted by Gasteiger charge is 2.19. The van der Waals surface area contributed by atoms with Gasteiger partial charge in [0.05, 0.1) is 24.3 Å². The van der Waals surface area contributed by atoms with E-state index in [2.05, 4.69) is 52.0 Å². The van der Waals surface area contributed by atoms with E-state index in [0.717, 1.165) is 33.4 Å². The zero-order chi connectivity index (χ0) is 26.4. The van der Waals surface area contributed by atoms with Crippen molar-refractivity contribution in [1.29, 1.82) is 0 Å². The number of ether oxygens (including phenoxy) is 3. The van der Waals surface area contributed by atoms with Gasteiger partial charge in [-0.2, -0.15) is 0 Å². The summed E-state index contributed by atoms with van der Waals surface area (Å²) in [6.45, 7) is 9.19. The van der Waals surface area contributed by atoms with Crippen LogP contribution in [0.25, 0.3) is 22.3 Å². The largest absolute Gasteiger partial charge is 0.460 e. The lowest BCUT2D eigenvalue weighted by atomic mass is 10.0. The van der Waals surface area contributed by atoms with Crippen LogP contribution in [0.2, 0.25) is 0 Å². The SMILES string of the molecule is CC(C)c1cccc2ccc(C(=O)OCCOCCOC(=O)c3ccc4cccc(C(C)C)cc3-4)c-2c1. The molecular formula is C32H34O5. The van der Waals surface area contributed by atoms with Crippen LogP contribution in [0.15, 0.2) is 72.8 Å². The van der Waals surface area contributed by atoms with Gasteiger partial charge in [-0.05, 0) is 57.3 Å². The molecule has 4 aliphatic rings. The number of hydrogen-bond donors (Lipinski definition) is 0.